The molecule has 4 aromatic carbocycles. The molecule has 0 saturated carbocycles. The Bertz CT molecular complexity index is 1540. The number of fused-ring (bicyclic) bond motifs is 12. The molecule has 2 fully saturated rings. The first-order valence-corrected chi connectivity index (χ1v) is 13.4. The first-order chi connectivity index (χ1) is 16.9. The standard InChI is InChI=1S/C29H16Cl3NOS/c30-28(31,32)25(34)33-26(21-13-5-1-9-17(21)18-10-2-6-14-22(18)26)29(33)27(35-29)23-15-7-3-11-19(23)20-12-4-8-16-24(20)27/h1-16H/t29-,33?/m0/s1. The molecule has 2 saturated heterocycles. The van der Waals surface area contributed by atoms with Gasteiger partial charge in [0.05, 0.1) is 0 Å². The maximum absolute atomic E-state index is 13.9. The first kappa shape index (κ1) is 20.7. The van der Waals surface area contributed by atoms with Gasteiger partial charge < -0.3 is 4.90 Å². The van der Waals surface area contributed by atoms with E-state index in [0.29, 0.717) is 0 Å². The number of alkyl halides is 3. The minimum atomic E-state index is -2.06. The number of benzene rings is 4. The molecule has 1 amide bonds. The van der Waals surface area contributed by atoms with Gasteiger partial charge in [0.1, 0.15) is 15.2 Å². The van der Waals surface area contributed by atoms with Crippen LogP contribution >= 0.6 is 46.6 Å². The second-order valence-corrected chi connectivity index (χ2v) is 13.1. The molecule has 0 aromatic heterocycles. The van der Waals surface area contributed by atoms with Crippen LogP contribution in [0.5, 0.6) is 0 Å². The van der Waals surface area contributed by atoms with Crippen LogP contribution in [0.1, 0.15) is 22.3 Å². The van der Waals surface area contributed by atoms with E-state index >= 15 is 0 Å². The third-order valence-electron chi connectivity index (χ3n) is 8.10. The average molecular weight is 533 g/mol. The number of hydrogen-bond donors (Lipinski definition) is 0. The Morgan fingerprint density at radius 3 is 1.43 bits per heavy atom. The van der Waals surface area contributed by atoms with Crippen LogP contribution in [0.2, 0.25) is 0 Å². The van der Waals surface area contributed by atoms with Crippen molar-refractivity contribution >= 4 is 52.5 Å². The van der Waals surface area contributed by atoms with Crippen LogP contribution in [0.15, 0.2) is 97.1 Å². The van der Waals surface area contributed by atoms with E-state index in [1.54, 1.807) is 11.8 Å². The molecule has 6 heteroatoms. The largest absolute Gasteiger partial charge is 0.302 e. The van der Waals surface area contributed by atoms with Gasteiger partial charge in [-0.3, -0.25) is 4.79 Å². The van der Waals surface area contributed by atoms with Gasteiger partial charge in [-0.05, 0) is 44.5 Å². The van der Waals surface area contributed by atoms with Crippen molar-refractivity contribution in [2.75, 3.05) is 0 Å². The number of halogens is 3. The highest BCUT2D eigenvalue weighted by Gasteiger charge is 2.99. The molecule has 8 rings (SSSR count). The molecule has 0 N–H and O–H groups in total. The van der Waals surface area contributed by atoms with E-state index in [-0.39, 0.29) is 0 Å². The smallest absolute Gasteiger partial charge is 0.277 e. The maximum atomic E-state index is 13.9. The van der Waals surface area contributed by atoms with Gasteiger partial charge in [-0.2, -0.15) is 0 Å². The fourth-order valence-corrected chi connectivity index (χ4v) is 9.38. The quantitative estimate of drug-likeness (QED) is 0.173. The Morgan fingerprint density at radius 1 is 0.629 bits per heavy atom. The zero-order chi connectivity index (χ0) is 23.8. The van der Waals surface area contributed by atoms with Gasteiger partial charge in [0.2, 0.25) is 0 Å². The second kappa shape index (κ2) is 6.27. The lowest BCUT2D eigenvalue weighted by Gasteiger charge is -2.17. The third-order valence-corrected chi connectivity index (χ3v) is 10.5. The SMILES string of the molecule is O=C(N1C2(c3ccccc3-c3ccccc32)[C@@]12SC21c2ccccc2-c2ccccc21)C(Cl)(Cl)Cl. The summed E-state index contributed by atoms with van der Waals surface area (Å²) in [6, 6.07) is 33.7. The van der Waals surface area contributed by atoms with Gasteiger partial charge in [0.15, 0.2) is 0 Å². The Kier molecular flexibility index (Phi) is 3.72. The van der Waals surface area contributed by atoms with Crippen LogP contribution in [0.3, 0.4) is 0 Å². The Labute approximate surface area is 221 Å². The summed E-state index contributed by atoms with van der Waals surface area (Å²) in [5.74, 6) is -0.486. The van der Waals surface area contributed by atoms with E-state index in [0.717, 1.165) is 22.3 Å². The summed E-state index contributed by atoms with van der Waals surface area (Å²) in [4.78, 5) is 15.2. The second-order valence-electron chi connectivity index (χ2n) is 9.46. The van der Waals surface area contributed by atoms with Crippen molar-refractivity contribution in [1.82, 2.24) is 4.90 Å². The lowest BCUT2D eigenvalue weighted by atomic mass is 9.82. The summed E-state index contributed by atoms with van der Waals surface area (Å²) in [6.45, 7) is 0. The molecule has 2 aliphatic carbocycles. The van der Waals surface area contributed by atoms with Crippen molar-refractivity contribution in [3.63, 3.8) is 0 Å². The summed E-state index contributed by atoms with van der Waals surface area (Å²) in [5.41, 5.74) is 8.56. The molecule has 3 spiro atoms. The van der Waals surface area contributed by atoms with E-state index < -0.39 is 24.9 Å². The lowest BCUT2D eigenvalue weighted by molar-refractivity contribution is -0.126. The summed E-state index contributed by atoms with van der Waals surface area (Å²) < 4.78 is -2.51. The Balaban J connectivity index is 1.48. The highest BCUT2D eigenvalue weighted by molar-refractivity contribution is 8.09. The first-order valence-electron chi connectivity index (χ1n) is 11.4. The van der Waals surface area contributed by atoms with Crippen LogP contribution in [-0.2, 0) is 15.1 Å². The molecule has 0 unspecified atom stereocenters. The van der Waals surface area contributed by atoms with E-state index in [2.05, 4.69) is 72.8 Å². The predicted octanol–water partition coefficient (Wildman–Crippen LogP) is 7.49. The van der Waals surface area contributed by atoms with Gasteiger partial charge in [-0.15, -0.1) is 11.8 Å². The molecule has 2 heterocycles. The summed E-state index contributed by atoms with van der Waals surface area (Å²) in [7, 11) is 0. The fourth-order valence-electron chi connectivity index (χ4n) is 6.98. The molecule has 4 aromatic rings. The number of nitrogens with zero attached hydrogens (tertiary/aromatic N) is 1. The fraction of sp³-hybridized carbons (Fsp3) is 0.138. The Morgan fingerprint density at radius 2 is 1.00 bits per heavy atom. The van der Waals surface area contributed by atoms with Crippen LogP contribution in [-0.4, -0.2) is 19.5 Å². The van der Waals surface area contributed by atoms with E-state index in [4.69, 9.17) is 34.8 Å². The summed E-state index contributed by atoms with van der Waals surface area (Å²) >= 11 is 20.8. The Hall–Kier alpha value is -2.43. The zero-order valence-corrected chi connectivity index (χ0v) is 21.2. The van der Waals surface area contributed by atoms with E-state index in [1.807, 2.05) is 29.2 Å². The highest BCUT2D eigenvalue weighted by atomic mass is 35.6. The molecule has 0 radical (unpaired) electrons. The van der Waals surface area contributed by atoms with Gasteiger partial charge in [0, 0.05) is 0 Å². The lowest BCUT2D eigenvalue weighted by Crippen LogP contribution is -2.32. The molecular weight excluding hydrogens is 517 g/mol. The van der Waals surface area contributed by atoms with Gasteiger partial charge in [-0.25, -0.2) is 0 Å². The minimum absolute atomic E-state index is 0.448. The van der Waals surface area contributed by atoms with Crippen molar-refractivity contribution in [3.8, 4) is 22.3 Å². The molecule has 1 atom stereocenters. The molecule has 0 bridgehead atoms. The molecule has 35 heavy (non-hydrogen) atoms. The summed E-state index contributed by atoms with van der Waals surface area (Å²) in [6.07, 6.45) is 0. The highest BCUT2D eigenvalue weighted by Crippen LogP contribution is 2.95. The van der Waals surface area contributed by atoms with Crippen molar-refractivity contribution in [1.29, 1.82) is 0 Å². The normalized spacial score (nSPS) is 22.7. The van der Waals surface area contributed by atoms with E-state index in [1.165, 1.54) is 22.3 Å². The number of hydrogen-bond acceptors (Lipinski definition) is 2. The zero-order valence-electron chi connectivity index (χ0n) is 18.1. The maximum Gasteiger partial charge on any atom is 0.277 e. The van der Waals surface area contributed by atoms with Crippen molar-refractivity contribution < 1.29 is 4.79 Å². The molecule has 4 aliphatic rings. The number of carbonyl (C=O) groups excluding carboxylic acids is 1. The van der Waals surface area contributed by atoms with Crippen LogP contribution in [0, 0.1) is 0 Å². The molecule has 2 aliphatic heterocycles. The number of rotatable bonds is 0. The topological polar surface area (TPSA) is 20.1 Å². The van der Waals surface area contributed by atoms with Crippen molar-refractivity contribution in [3.05, 3.63) is 119 Å². The molecular formula is C29H16Cl3NOS. The van der Waals surface area contributed by atoms with Crippen molar-refractivity contribution in [2.24, 2.45) is 0 Å². The van der Waals surface area contributed by atoms with Crippen LogP contribution < -0.4 is 0 Å². The van der Waals surface area contributed by atoms with E-state index in [9.17, 15) is 4.79 Å². The molecule has 170 valence electrons. The number of carbonyl (C=O) groups is 1. The van der Waals surface area contributed by atoms with Crippen LogP contribution in [0.4, 0.5) is 0 Å². The number of thioether (sulfide) groups is 1. The minimum Gasteiger partial charge on any atom is -0.302 e. The van der Waals surface area contributed by atoms with Gasteiger partial charge in [-0.1, -0.05) is 132 Å². The third kappa shape index (κ3) is 2.07. The van der Waals surface area contributed by atoms with Crippen LogP contribution in [0.25, 0.3) is 22.3 Å². The van der Waals surface area contributed by atoms with Gasteiger partial charge >= 0.3 is 0 Å². The van der Waals surface area contributed by atoms with Crippen molar-refractivity contribution in [2.45, 2.75) is 18.9 Å². The predicted molar refractivity (Wildman–Crippen MR) is 143 cm³/mol. The average Bonchev–Trinajstić information content (AvgIpc) is 3.65. The van der Waals surface area contributed by atoms with Gasteiger partial charge in [0.25, 0.3) is 9.70 Å². The molecule has 2 nitrogen and oxygen atoms in total. The summed E-state index contributed by atoms with van der Waals surface area (Å²) in [5, 5.41) is 0. The number of amides is 1. The monoisotopic (exact) mass is 531 g/mol.